The number of furan rings is 2. The molecular weight excluding hydrogens is 630 g/mol. The lowest BCUT2D eigenvalue weighted by molar-refractivity contribution is -0.137. The van der Waals surface area contributed by atoms with Gasteiger partial charge in [0.15, 0.2) is 0 Å². The SMILES string of the molecule is FC(F)(F)c1c(-c2ccoc2)cc(-c2ccccc2-c2cc(-c3ccoc3)c(C(F)(F)F)c(-c3ccccc3)n2)nc1-c1ccccc1. The number of aromatic nitrogens is 2. The fourth-order valence-corrected chi connectivity index (χ4v) is 5.77. The van der Waals surface area contributed by atoms with E-state index in [4.69, 9.17) is 8.83 Å². The van der Waals surface area contributed by atoms with Crippen LogP contribution < -0.4 is 0 Å². The molecular formula is C38H22F6N2O2. The summed E-state index contributed by atoms with van der Waals surface area (Å²) in [7, 11) is 0. The highest BCUT2D eigenvalue weighted by Gasteiger charge is 2.40. The maximum Gasteiger partial charge on any atom is 0.419 e. The van der Waals surface area contributed by atoms with E-state index in [1.165, 1.54) is 73.6 Å². The monoisotopic (exact) mass is 652 g/mol. The molecule has 238 valence electrons. The normalized spacial score (nSPS) is 12.0. The van der Waals surface area contributed by atoms with Gasteiger partial charge < -0.3 is 8.83 Å². The van der Waals surface area contributed by atoms with Crippen LogP contribution in [0.1, 0.15) is 11.1 Å². The summed E-state index contributed by atoms with van der Waals surface area (Å²) < 4.78 is 99.2. The molecule has 4 nitrogen and oxygen atoms in total. The van der Waals surface area contributed by atoms with Crippen LogP contribution in [0.2, 0.25) is 0 Å². The zero-order valence-electron chi connectivity index (χ0n) is 24.7. The Labute approximate surface area is 270 Å². The first-order chi connectivity index (χ1) is 23.1. The molecule has 0 aliphatic rings. The van der Waals surface area contributed by atoms with Gasteiger partial charge in [-0.05, 0) is 24.3 Å². The summed E-state index contributed by atoms with van der Waals surface area (Å²) in [5.74, 6) is 0. The van der Waals surface area contributed by atoms with Crippen LogP contribution in [0, 0.1) is 0 Å². The van der Waals surface area contributed by atoms with Gasteiger partial charge in [-0.2, -0.15) is 26.3 Å². The molecule has 0 spiro atoms. The Morgan fingerprint density at radius 1 is 0.417 bits per heavy atom. The molecule has 4 heterocycles. The van der Waals surface area contributed by atoms with Crippen molar-refractivity contribution in [2.24, 2.45) is 0 Å². The molecule has 7 rings (SSSR count). The van der Waals surface area contributed by atoms with Crippen molar-refractivity contribution >= 4 is 0 Å². The molecule has 0 amide bonds. The van der Waals surface area contributed by atoms with Crippen molar-refractivity contribution in [3.8, 4) is 67.3 Å². The topological polar surface area (TPSA) is 52.1 Å². The fourth-order valence-electron chi connectivity index (χ4n) is 5.77. The Balaban J connectivity index is 1.54. The summed E-state index contributed by atoms with van der Waals surface area (Å²) in [6, 6.07) is 28.1. The van der Waals surface area contributed by atoms with Gasteiger partial charge in [-0.1, -0.05) is 84.9 Å². The Hall–Kier alpha value is -5.90. The Bertz CT molecular complexity index is 2030. The van der Waals surface area contributed by atoms with Crippen molar-refractivity contribution in [1.29, 1.82) is 0 Å². The van der Waals surface area contributed by atoms with Crippen molar-refractivity contribution in [3.05, 3.63) is 145 Å². The summed E-state index contributed by atoms with van der Waals surface area (Å²) >= 11 is 0. The third-order valence-corrected chi connectivity index (χ3v) is 7.84. The number of halogens is 6. The second-order valence-electron chi connectivity index (χ2n) is 10.9. The van der Waals surface area contributed by atoms with Crippen LogP contribution >= 0.6 is 0 Å². The van der Waals surface area contributed by atoms with Gasteiger partial charge in [0.1, 0.15) is 0 Å². The minimum atomic E-state index is -4.79. The molecule has 7 aromatic rings. The van der Waals surface area contributed by atoms with E-state index in [9.17, 15) is 26.3 Å². The average molecular weight is 653 g/mol. The lowest BCUT2D eigenvalue weighted by Crippen LogP contribution is -2.12. The molecule has 0 radical (unpaired) electrons. The van der Waals surface area contributed by atoms with Gasteiger partial charge in [-0.3, -0.25) is 0 Å². The quantitative estimate of drug-likeness (QED) is 0.168. The van der Waals surface area contributed by atoms with Gasteiger partial charge in [0, 0.05) is 44.5 Å². The predicted octanol–water partition coefficient (Wildman–Crippen LogP) is 11.7. The molecule has 4 aromatic heterocycles. The molecule has 0 saturated carbocycles. The van der Waals surface area contributed by atoms with E-state index in [2.05, 4.69) is 9.97 Å². The zero-order valence-corrected chi connectivity index (χ0v) is 24.7. The highest BCUT2D eigenvalue weighted by molar-refractivity contribution is 5.89. The highest BCUT2D eigenvalue weighted by atomic mass is 19.4. The van der Waals surface area contributed by atoms with Crippen molar-refractivity contribution < 1.29 is 35.2 Å². The molecule has 0 aliphatic heterocycles. The highest BCUT2D eigenvalue weighted by Crippen LogP contribution is 2.47. The average Bonchev–Trinajstić information content (AvgIpc) is 3.83. The fraction of sp³-hybridized carbons (Fsp3) is 0.0526. The lowest BCUT2D eigenvalue weighted by Gasteiger charge is -2.21. The van der Waals surface area contributed by atoms with E-state index in [0.717, 1.165) is 0 Å². The minimum Gasteiger partial charge on any atom is -0.472 e. The van der Waals surface area contributed by atoms with Crippen molar-refractivity contribution in [2.45, 2.75) is 12.4 Å². The molecule has 0 aliphatic carbocycles. The van der Waals surface area contributed by atoms with E-state index >= 15 is 0 Å². The van der Waals surface area contributed by atoms with E-state index < -0.39 is 23.5 Å². The van der Waals surface area contributed by atoms with Crippen molar-refractivity contribution in [2.75, 3.05) is 0 Å². The Kier molecular flexibility index (Phi) is 7.71. The first-order valence-corrected chi connectivity index (χ1v) is 14.6. The minimum absolute atomic E-state index is 0.154. The molecule has 0 atom stereocenters. The zero-order chi connectivity index (χ0) is 33.5. The predicted molar refractivity (Wildman–Crippen MR) is 169 cm³/mol. The molecule has 0 bridgehead atoms. The van der Waals surface area contributed by atoms with Crippen LogP contribution in [-0.2, 0) is 12.4 Å². The van der Waals surface area contributed by atoms with E-state index in [1.54, 1.807) is 60.7 Å². The number of benzene rings is 3. The standard InChI is InChI=1S/C38H22F6N2O2/c39-37(40,41)33-29(25-15-17-47-21-25)19-31(45-35(33)23-9-3-1-4-10-23)27-13-7-8-14-28(27)32-20-30(26-16-18-48-22-26)34(38(42,43)44)36(46-32)24-11-5-2-6-12-24/h1-22H. The number of hydrogen-bond acceptors (Lipinski definition) is 4. The summed E-state index contributed by atoms with van der Waals surface area (Å²) in [5.41, 5.74) is -0.992. The third kappa shape index (κ3) is 5.77. The number of pyridine rings is 2. The summed E-state index contributed by atoms with van der Waals surface area (Å²) in [5, 5.41) is 0. The van der Waals surface area contributed by atoms with Crippen LogP contribution in [0.15, 0.2) is 143 Å². The van der Waals surface area contributed by atoms with E-state index in [-0.39, 0.29) is 56.2 Å². The second-order valence-corrected chi connectivity index (χ2v) is 10.9. The van der Waals surface area contributed by atoms with Crippen molar-refractivity contribution in [1.82, 2.24) is 9.97 Å². The molecule has 0 fully saturated rings. The second kappa shape index (κ2) is 12.0. The van der Waals surface area contributed by atoms with Crippen LogP contribution in [0.5, 0.6) is 0 Å². The third-order valence-electron chi connectivity index (χ3n) is 7.84. The molecule has 0 unspecified atom stereocenters. The van der Waals surface area contributed by atoms with Crippen LogP contribution in [0.4, 0.5) is 26.3 Å². The van der Waals surface area contributed by atoms with E-state index in [1.807, 2.05) is 0 Å². The summed E-state index contributed by atoms with van der Waals surface area (Å²) in [6.45, 7) is 0. The number of nitrogens with zero attached hydrogens (tertiary/aromatic N) is 2. The van der Waals surface area contributed by atoms with Gasteiger partial charge in [0.05, 0.1) is 59.0 Å². The number of alkyl halides is 6. The van der Waals surface area contributed by atoms with Gasteiger partial charge in [0.25, 0.3) is 0 Å². The molecule has 48 heavy (non-hydrogen) atoms. The number of hydrogen-bond donors (Lipinski definition) is 0. The summed E-state index contributed by atoms with van der Waals surface area (Å²) in [6.07, 6.45) is -4.59. The smallest absolute Gasteiger partial charge is 0.419 e. The van der Waals surface area contributed by atoms with Crippen LogP contribution in [-0.4, -0.2) is 9.97 Å². The first kappa shape index (κ1) is 30.7. The number of rotatable bonds is 6. The molecule has 3 aromatic carbocycles. The summed E-state index contributed by atoms with van der Waals surface area (Å²) in [4.78, 5) is 9.15. The maximum atomic E-state index is 14.8. The van der Waals surface area contributed by atoms with Gasteiger partial charge in [-0.25, -0.2) is 9.97 Å². The largest absolute Gasteiger partial charge is 0.472 e. The Morgan fingerprint density at radius 3 is 1.12 bits per heavy atom. The Morgan fingerprint density at radius 2 is 0.792 bits per heavy atom. The van der Waals surface area contributed by atoms with Crippen LogP contribution in [0.25, 0.3) is 67.3 Å². The maximum absolute atomic E-state index is 14.8. The molecule has 0 saturated heterocycles. The molecule has 0 N–H and O–H groups in total. The van der Waals surface area contributed by atoms with Gasteiger partial charge in [0.2, 0.25) is 0 Å². The van der Waals surface area contributed by atoms with Gasteiger partial charge in [-0.15, -0.1) is 0 Å². The van der Waals surface area contributed by atoms with Crippen molar-refractivity contribution in [3.63, 3.8) is 0 Å². The first-order valence-electron chi connectivity index (χ1n) is 14.6. The molecule has 10 heteroatoms. The lowest BCUT2D eigenvalue weighted by atomic mass is 9.91. The van der Waals surface area contributed by atoms with E-state index in [0.29, 0.717) is 11.1 Å². The van der Waals surface area contributed by atoms with Crippen LogP contribution in [0.3, 0.4) is 0 Å². The van der Waals surface area contributed by atoms with Gasteiger partial charge >= 0.3 is 12.4 Å².